The van der Waals surface area contributed by atoms with E-state index in [-0.39, 0.29) is 5.43 Å². The van der Waals surface area contributed by atoms with Gasteiger partial charge < -0.3 is 0 Å². The van der Waals surface area contributed by atoms with Gasteiger partial charge in [-0.1, -0.05) is 19.9 Å². The maximum Gasteiger partial charge on any atom is 0.207 e. The number of hydrogen-bond donors (Lipinski definition) is 1. The number of hydrogen-bond acceptors (Lipinski definition) is 2. The maximum atomic E-state index is 11.6. The van der Waals surface area contributed by atoms with E-state index >= 15 is 0 Å². The molecule has 2 rings (SSSR count). The molecular formula is C12H14N2O. The lowest BCUT2D eigenvalue weighted by Crippen LogP contribution is -2.04. The molecule has 1 atom stereocenters. The van der Waals surface area contributed by atoms with Gasteiger partial charge in [-0.3, -0.25) is 9.89 Å². The number of fused-ring (bicyclic) bond motifs is 1. The lowest BCUT2D eigenvalue weighted by Gasteiger charge is -2.09. The second-order valence-corrected chi connectivity index (χ2v) is 3.85. The predicted octanol–water partition coefficient (Wildman–Crippen LogP) is 2.44. The molecule has 1 aromatic heterocycles. The van der Waals surface area contributed by atoms with Gasteiger partial charge in [0.2, 0.25) is 5.43 Å². The minimum absolute atomic E-state index is 0.0195. The fraction of sp³-hybridized carbons (Fsp3) is 0.333. The summed E-state index contributed by atoms with van der Waals surface area (Å²) in [6, 6.07) is 5.93. The number of benzene rings is 1. The molecule has 78 valence electrons. The Kier molecular flexibility index (Phi) is 2.54. The SMILES string of the molecule is CCC(C)c1ccc2[nH]ncc(=O)c2c1. The first-order valence-electron chi connectivity index (χ1n) is 5.19. The van der Waals surface area contributed by atoms with Gasteiger partial charge in [0.1, 0.15) is 0 Å². The summed E-state index contributed by atoms with van der Waals surface area (Å²) in [7, 11) is 0. The van der Waals surface area contributed by atoms with E-state index in [1.165, 1.54) is 11.8 Å². The van der Waals surface area contributed by atoms with Gasteiger partial charge in [-0.15, -0.1) is 0 Å². The largest absolute Gasteiger partial charge is 0.287 e. The third kappa shape index (κ3) is 1.77. The number of H-pyrrole nitrogens is 1. The summed E-state index contributed by atoms with van der Waals surface area (Å²) < 4.78 is 0. The monoisotopic (exact) mass is 202 g/mol. The van der Waals surface area contributed by atoms with Gasteiger partial charge in [0, 0.05) is 5.39 Å². The Morgan fingerprint density at radius 1 is 1.47 bits per heavy atom. The molecule has 0 aliphatic rings. The zero-order valence-electron chi connectivity index (χ0n) is 8.95. The molecule has 3 heteroatoms. The maximum absolute atomic E-state index is 11.6. The fourth-order valence-corrected chi connectivity index (χ4v) is 1.64. The van der Waals surface area contributed by atoms with Crippen LogP contribution < -0.4 is 5.43 Å². The van der Waals surface area contributed by atoms with Gasteiger partial charge >= 0.3 is 0 Å². The van der Waals surface area contributed by atoms with Crippen LogP contribution in [0.4, 0.5) is 0 Å². The molecule has 15 heavy (non-hydrogen) atoms. The molecule has 3 nitrogen and oxygen atoms in total. The predicted molar refractivity (Wildman–Crippen MR) is 61.1 cm³/mol. The van der Waals surface area contributed by atoms with Crippen LogP contribution in [0.25, 0.3) is 10.9 Å². The highest BCUT2D eigenvalue weighted by Crippen LogP contribution is 2.20. The summed E-state index contributed by atoms with van der Waals surface area (Å²) >= 11 is 0. The first-order chi connectivity index (χ1) is 7.22. The minimum atomic E-state index is -0.0195. The van der Waals surface area contributed by atoms with E-state index in [1.807, 2.05) is 18.2 Å². The number of nitrogens with zero attached hydrogens (tertiary/aromatic N) is 1. The van der Waals surface area contributed by atoms with E-state index in [1.54, 1.807) is 0 Å². The Bertz CT molecular complexity index is 530. The Morgan fingerprint density at radius 3 is 3.00 bits per heavy atom. The van der Waals surface area contributed by atoms with Crippen LogP contribution in [0.15, 0.2) is 29.2 Å². The second-order valence-electron chi connectivity index (χ2n) is 3.85. The van der Waals surface area contributed by atoms with Gasteiger partial charge in [-0.25, -0.2) is 0 Å². The van der Waals surface area contributed by atoms with Crippen LogP contribution in [0, 0.1) is 0 Å². The molecule has 0 saturated heterocycles. The Balaban J connectivity index is 2.65. The van der Waals surface area contributed by atoms with Gasteiger partial charge in [0.15, 0.2) is 0 Å². The highest BCUT2D eigenvalue weighted by atomic mass is 16.1. The molecule has 2 aromatic rings. The molecule has 0 spiro atoms. The highest BCUT2D eigenvalue weighted by molar-refractivity contribution is 5.78. The van der Waals surface area contributed by atoms with E-state index in [2.05, 4.69) is 24.0 Å². The summed E-state index contributed by atoms with van der Waals surface area (Å²) in [5.41, 5.74) is 1.99. The third-order valence-electron chi connectivity index (χ3n) is 2.86. The summed E-state index contributed by atoms with van der Waals surface area (Å²) in [4.78, 5) is 11.6. The normalized spacial score (nSPS) is 12.9. The summed E-state index contributed by atoms with van der Waals surface area (Å²) in [6.45, 7) is 4.31. The molecule has 1 unspecified atom stereocenters. The van der Waals surface area contributed by atoms with Crippen LogP contribution in [0.2, 0.25) is 0 Å². The lowest BCUT2D eigenvalue weighted by atomic mass is 9.97. The number of rotatable bonds is 2. The van der Waals surface area contributed by atoms with Gasteiger partial charge in [0.25, 0.3) is 0 Å². The molecule has 0 aliphatic heterocycles. The minimum Gasteiger partial charge on any atom is -0.287 e. The van der Waals surface area contributed by atoms with Crippen molar-refractivity contribution in [1.29, 1.82) is 0 Å². The van der Waals surface area contributed by atoms with Crippen LogP contribution in [0.3, 0.4) is 0 Å². The smallest absolute Gasteiger partial charge is 0.207 e. The first kappa shape index (κ1) is 9.90. The van der Waals surface area contributed by atoms with Crippen LogP contribution in [0.5, 0.6) is 0 Å². The van der Waals surface area contributed by atoms with Crippen molar-refractivity contribution in [1.82, 2.24) is 10.2 Å². The Labute approximate surface area is 88.1 Å². The third-order valence-corrected chi connectivity index (χ3v) is 2.86. The van der Waals surface area contributed by atoms with E-state index in [9.17, 15) is 4.79 Å². The number of nitrogens with one attached hydrogen (secondary N) is 1. The molecule has 1 N–H and O–H groups in total. The molecule has 1 heterocycles. The number of aromatic nitrogens is 2. The van der Waals surface area contributed by atoms with Gasteiger partial charge in [-0.05, 0) is 30.0 Å². The molecule has 0 amide bonds. The van der Waals surface area contributed by atoms with Gasteiger partial charge in [-0.2, -0.15) is 5.10 Å². The van der Waals surface area contributed by atoms with Crippen molar-refractivity contribution >= 4 is 10.9 Å². The fourth-order valence-electron chi connectivity index (χ4n) is 1.64. The topological polar surface area (TPSA) is 45.8 Å². The second kappa shape index (κ2) is 3.85. The van der Waals surface area contributed by atoms with E-state index in [0.29, 0.717) is 5.92 Å². The standard InChI is InChI=1S/C12H14N2O/c1-3-8(2)9-4-5-11-10(6-9)12(15)7-13-14-11/h4-8H,3H2,1-2H3,(H,14,15). The van der Waals surface area contributed by atoms with Crippen LogP contribution in [-0.2, 0) is 0 Å². The van der Waals surface area contributed by atoms with Crippen LogP contribution >= 0.6 is 0 Å². The van der Waals surface area contributed by atoms with Crippen molar-refractivity contribution in [2.75, 3.05) is 0 Å². The quantitative estimate of drug-likeness (QED) is 0.813. The van der Waals surface area contributed by atoms with Crippen molar-refractivity contribution in [2.45, 2.75) is 26.2 Å². The zero-order valence-corrected chi connectivity index (χ0v) is 8.95. The summed E-state index contributed by atoms with van der Waals surface area (Å²) in [5.74, 6) is 0.488. The van der Waals surface area contributed by atoms with Crippen molar-refractivity contribution in [2.24, 2.45) is 0 Å². The molecule has 0 radical (unpaired) electrons. The molecular weight excluding hydrogens is 188 g/mol. The zero-order chi connectivity index (χ0) is 10.8. The molecule has 0 bridgehead atoms. The molecule has 1 aromatic carbocycles. The Hall–Kier alpha value is -1.64. The van der Waals surface area contributed by atoms with Crippen molar-refractivity contribution in [3.63, 3.8) is 0 Å². The Morgan fingerprint density at radius 2 is 2.27 bits per heavy atom. The van der Waals surface area contributed by atoms with Crippen LogP contribution in [-0.4, -0.2) is 10.2 Å². The van der Waals surface area contributed by atoms with Crippen molar-refractivity contribution in [3.05, 3.63) is 40.2 Å². The van der Waals surface area contributed by atoms with Crippen LogP contribution in [0.1, 0.15) is 31.7 Å². The van der Waals surface area contributed by atoms with Crippen molar-refractivity contribution in [3.8, 4) is 0 Å². The average molecular weight is 202 g/mol. The van der Waals surface area contributed by atoms with E-state index in [0.717, 1.165) is 17.3 Å². The first-order valence-corrected chi connectivity index (χ1v) is 5.19. The average Bonchev–Trinajstić information content (AvgIpc) is 2.28. The van der Waals surface area contributed by atoms with E-state index < -0.39 is 0 Å². The summed E-state index contributed by atoms with van der Waals surface area (Å²) in [5, 5.41) is 7.32. The van der Waals surface area contributed by atoms with Gasteiger partial charge in [0.05, 0.1) is 11.7 Å². The summed E-state index contributed by atoms with van der Waals surface area (Å²) in [6.07, 6.45) is 2.40. The number of aromatic amines is 1. The van der Waals surface area contributed by atoms with Crippen molar-refractivity contribution < 1.29 is 0 Å². The molecule has 0 saturated carbocycles. The lowest BCUT2D eigenvalue weighted by molar-refractivity contribution is 0.734. The molecule has 0 fully saturated rings. The molecule has 0 aliphatic carbocycles. The highest BCUT2D eigenvalue weighted by Gasteiger charge is 2.05. The van der Waals surface area contributed by atoms with E-state index in [4.69, 9.17) is 0 Å².